The summed E-state index contributed by atoms with van der Waals surface area (Å²) in [7, 11) is 1.52. The minimum Gasteiger partial charge on any atom is -0.481 e. The zero-order valence-electron chi connectivity index (χ0n) is 16.7. The maximum atomic E-state index is 13.2. The number of ketones is 1. The van der Waals surface area contributed by atoms with Gasteiger partial charge in [-0.1, -0.05) is 18.2 Å². The third-order valence-corrected chi connectivity index (χ3v) is 5.34. The van der Waals surface area contributed by atoms with Crippen molar-refractivity contribution in [1.82, 2.24) is 19.7 Å². The second kappa shape index (κ2) is 8.36. The molecule has 2 N–H and O–H groups in total. The lowest BCUT2D eigenvalue weighted by atomic mass is 9.90. The third-order valence-electron chi connectivity index (χ3n) is 5.34. The Bertz CT molecular complexity index is 1050. The van der Waals surface area contributed by atoms with E-state index in [1.807, 2.05) is 30.3 Å². The third kappa shape index (κ3) is 3.76. The van der Waals surface area contributed by atoms with Gasteiger partial charge in [0.25, 0.3) is 5.91 Å². The summed E-state index contributed by atoms with van der Waals surface area (Å²) in [5.74, 6) is 0.221. The van der Waals surface area contributed by atoms with Gasteiger partial charge in [0.15, 0.2) is 5.78 Å². The number of aromatic nitrogens is 3. The minimum absolute atomic E-state index is 0.0833. The molecule has 1 aliphatic heterocycles. The van der Waals surface area contributed by atoms with Crippen LogP contribution < -0.4 is 10.5 Å². The van der Waals surface area contributed by atoms with Crippen molar-refractivity contribution in [3.63, 3.8) is 0 Å². The number of nitrogens with zero attached hydrogens (tertiary/aromatic N) is 4. The summed E-state index contributed by atoms with van der Waals surface area (Å²) in [5, 5.41) is 4.29. The smallest absolute Gasteiger partial charge is 0.255 e. The first-order valence-electron chi connectivity index (χ1n) is 9.81. The average molecular weight is 405 g/mol. The minimum atomic E-state index is -0.315. The molecule has 0 bridgehead atoms. The lowest BCUT2D eigenvalue weighted by Crippen LogP contribution is -2.42. The maximum Gasteiger partial charge on any atom is 0.255 e. The summed E-state index contributed by atoms with van der Waals surface area (Å²) in [5.41, 5.74) is 7.89. The molecule has 154 valence electrons. The second-order valence-corrected chi connectivity index (χ2v) is 7.23. The number of piperidine rings is 1. The number of nitrogen functional groups attached to an aromatic ring is 1. The molecule has 2 aromatic heterocycles. The molecule has 1 amide bonds. The van der Waals surface area contributed by atoms with Crippen molar-refractivity contribution in [2.75, 3.05) is 25.9 Å². The van der Waals surface area contributed by atoms with Crippen molar-refractivity contribution >= 4 is 17.5 Å². The van der Waals surface area contributed by atoms with Gasteiger partial charge in [-0.05, 0) is 31.0 Å². The molecular formula is C22H23N5O3. The summed E-state index contributed by atoms with van der Waals surface area (Å²) >= 11 is 0. The van der Waals surface area contributed by atoms with E-state index in [0.717, 1.165) is 12.1 Å². The standard InChI is InChI=1S/C22H23N5O3/c1-30-19-10-9-15(12-24-19)22(29)26-11-5-6-16(14-26)20(28)18-13-25-27(21(18)23)17-7-3-2-4-8-17/h2-4,7-10,12-13,16H,5-6,11,14,23H2,1H3/t16-/m0/s1. The SMILES string of the molecule is COc1ccc(C(=O)N2CCC[C@H](C(=O)c3cnn(-c4ccccc4)c3N)C2)cn1. The Hall–Kier alpha value is -3.68. The predicted molar refractivity (Wildman–Crippen MR) is 112 cm³/mol. The molecule has 0 spiro atoms. The Balaban J connectivity index is 1.50. The number of rotatable bonds is 5. The van der Waals surface area contributed by atoms with E-state index in [0.29, 0.717) is 42.3 Å². The van der Waals surface area contributed by atoms with Gasteiger partial charge < -0.3 is 15.4 Å². The zero-order chi connectivity index (χ0) is 21.1. The number of pyridine rings is 1. The van der Waals surface area contributed by atoms with Gasteiger partial charge in [0.2, 0.25) is 5.88 Å². The van der Waals surface area contributed by atoms with Crippen molar-refractivity contribution in [3.05, 3.63) is 66.0 Å². The molecule has 8 nitrogen and oxygen atoms in total. The van der Waals surface area contributed by atoms with Gasteiger partial charge in [-0.3, -0.25) is 9.59 Å². The highest BCUT2D eigenvalue weighted by molar-refractivity contribution is 6.02. The molecule has 3 heterocycles. The number of carbonyl (C=O) groups is 2. The van der Waals surface area contributed by atoms with E-state index in [2.05, 4.69) is 10.1 Å². The van der Waals surface area contributed by atoms with Gasteiger partial charge in [0, 0.05) is 31.3 Å². The van der Waals surface area contributed by atoms with Gasteiger partial charge in [-0.15, -0.1) is 0 Å². The number of hydrogen-bond donors (Lipinski definition) is 1. The molecule has 3 aromatic rings. The molecule has 1 aliphatic rings. The number of methoxy groups -OCH3 is 1. The number of amides is 1. The van der Waals surface area contributed by atoms with E-state index in [-0.39, 0.29) is 17.6 Å². The van der Waals surface area contributed by atoms with Crippen LogP contribution in [0.3, 0.4) is 0 Å². The van der Waals surface area contributed by atoms with Gasteiger partial charge >= 0.3 is 0 Å². The molecule has 1 saturated heterocycles. The van der Waals surface area contributed by atoms with E-state index in [1.165, 1.54) is 19.5 Å². The summed E-state index contributed by atoms with van der Waals surface area (Å²) < 4.78 is 6.59. The number of likely N-dealkylation sites (tertiary alicyclic amines) is 1. The second-order valence-electron chi connectivity index (χ2n) is 7.23. The highest BCUT2D eigenvalue weighted by Crippen LogP contribution is 2.26. The molecule has 1 fully saturated rings. The molecule has 0 radical (unpaired) electrons. The largest absolute Gasteiger partial charge is 0.481 e. The Morgan fingerprint density at radius 1 is 1.13 bits per heavy atom. The van der Waals surface area contributed by atoms with E-state index in [4.69, 9.17) is 10.5 Å². The normalized spacial score (nSPS) is 16.3. The summed E-state index contributed by atoms with van der Waals surface area (Å²) in [6.07, 6.45) is 4.46. The number of anilines is 1. The van der Waals surface area contributed by atoms with Crippen LogP contribution in [0.25, 0.3) is 5.69 Å². The van der Waals surface area contributed by atoms with Crippen LogP contribution in [0.4, 0.5) is 5.82 Å². The van der Waals surface area contributed by atoms with Gasteiger partial charge in [-0.2, -0.15) is 5.10 Å². The maximum absolute atomic E-state index is 13.2. The van der Waals surface area contributed by atoms with Crippen LogP contribution in [0.1, 0.15) is 33.6 Å². The molecule has 8 heteroatoms. The van der Waals surface area contributed by atoms with Crippen molar-refractivity contribution in [3.8, 4) is 11.6 Å². The van der Waals surface area contributed by atoms with E-state index in [9.17, 15) is 9.59 Å². The number of Topliss-reactive ketones (excluding diaryl/α,β-unsaturated/α-hetero) is 1. The highest BCUT2D eigenvalue weighted by Gasteiger charge is 2.31. The van der Waals surface area contributed by atoms with Crippen LogP contribution in [0, 0.1) is 5.92 Å². The van der Waals surface area contributed by atoms with Crippen LogP contribution in [0.2, 0.25) is 0 Å². The van der Waals surface area contributed by atoms with Crippen LogP contribution >= 0.6 is 0 Å². The van der Waals surface area contributed by atoms with Crippen LogP contribution in [0.15, 0.2) is 54.9 Å². The van der Waals surface area contributed by atoms with Gasteiger partial charge in [0.1, 0.15) is 5.82 Å². The number of carbonyl (C=O) groups excluding carboxylic acids is 2. The number of benzene rings is 1. The molecule has 0 saturated carbocycles. The monoisotopic (exact) mass is 405 g/mol. The molecule has 0 unspecified atom stereocenters. The van der Waals surface area contributed by atoms with Crippen LogP contribution in [-0.2, 0) is 0 Å². The molecule has 1 atom stereocenters. The van der Waals surface area contributed by atoms with Crippen molar-refractivity contribution < 1.29 is 14.3 Å². The van der Waals surface area contributed by atoms with Crippen LogP contribution in [-0.4, -0.2) is 51.6 Å². The Labute approximate surface area is 174 Å². The Kier molecular flexibility index (Phi) is 5.47. The van der Waals surface area contributed by atoms with Gasteiger partial charge in [0.05, 0.1) is 30.1 Å². The van der Waals surface area contributed by atoms with E-state index >= 15 is 0 Å². The number of para-hydroxylation sites is 1. The fraction of sp³-hybridized carbons (Fsp3) is 0.273. The number of nitrogens with two attached hydrogens (primary N) is 1. The zero-order valence-corrected chi connectivity index (χ0v) is 16.7. The average Bonchev–Trinajstić information content (AvgIpc) is 3.20. The molecule has 4 rings (SSSR count). The lowest BCUT2D eigenvalue weighted by Gasteiger charge is -2.32. The lowest BCUT2D eigenvalue weighted by molar-refractivity contribution is 0.0637. The van der Waals surface area contributed by atoms with E-state index < -0.39 is 0 Å². The van der Waals surface area contributed by atoms with Crippen molar-refractivity contribution in [1.29, 1.82) is 0 Å². The number of ether oxygens (including phenoxy) is 1. The fourth-order valence-corrected chi connectivity index (χ4v) is 3.73. The van der Waals surface area contributed by atoms with E-state index in [1.54, 1.807) is 21.7 Å². The first-order chi connectivity index (χ1) is 14.6. The Morgan fingerprint density at radius 3 is 2.63 bits per heavy atom. The fourth-order valence-electron chi connectivity index (χ4n) is 3.73. The Morgan fingerprint density at radius 2 is 1.93 bits per heavy atom. The topological polar surface area (TPSA) is 103 Å². The molecular weight excluding hydrogens is 382 g/mol. The van der Waals surface area contributed by atoms with Crippen molar-refractivity contribution in [2.45, 2.75) is 12.8 Å². The molecule has 30 heavy (non-hydrogen) atoms. The quantitative estimate of drug-likeness (QED) is 0.655. The summed E-state index contributed by atoms with van der Waals surface area (Å²) in [4.78, 5) is 31.8. The van der Waals surface area contributed by atoms with Crippen molar-refractivity contribution in [2.24, 2.45) is 5.92 Å². The first kappa shape index (κ1) is 19.6. The van der Waals surface area contributed by atoms with Gasteiger partial charge in [-0.25, -0.2) is 9.67 Å². The summed E-state index contributed by atoms with van der Waals surface area (Å²) in [6, 6.07) is 12.8. The molecule has 1 aromatic carbocycles. The highest BCUT2D eigenvalue weighted by atomic mass is 16.5. The summed E-state index contributed by atoms with van der Waals surface area (Å²) in [6.45, 7) is 0.951. The first-order valence-corrected chi connectivity index (χ1v) is 9.81. The number of hydrogen-bond acceptors (Lipinski definition) is 6. The van der Waals surface area contributed by atoms with Crippen LogP contribution in [0.5, 0.6) is 5.88 Å². The molecule has 0 aliphatic carbocycles. The predicted octanol–water partition coefficient (Wildman–Crippen LogP) is 2.59.